The third-order valence-electron chi connectivity index (χ3n) is 9.79. The molecule has 0 amide bonds. The highest BCUT2D eigenvalue weighted by molar-refractivity contribution is 5.42. The zero-order valence-electron chi connectivity index (χ0n) is 33.0. The van der Waals surface area contributed by atoms with E-state index < -0.39 is 12.2 Å². The van der Waals surface area contributed by atoms with Crippen LogP contribution >= 0.6 is 0 Å². The van der Waals surface area contributed by atoms with Gasteiger partial charge in [0.05, 0.1) is 0 Å². The van der Waals surface area contributed by atoms with Crippen molar-refractivity contribution in [2.75, 3.05) is 26.4 Å². The first-order valence-corrected chi connectivity index (χ1v) is 20.2. The van der Waals surface area contributed by atoms with Crippen molar-refractivity contribution in [1.29, 1.82) is 0 Å². The summed E-state index contributed by atoms with van der Waals surface area (Å²) in [5, 5.41) is 20.9. The Hall–Kier alpha value is -4.26. The molecule has 4 aromatic carbocycles. The summed E-state index contributed by atoms with van der Waals surface area (Å²) in [7, 11) is 0. The Morgan fingerprint density at radius 3 is 1.48 bits per heavy atom. The van der Waals surface area contributed by atoms with Gasteiger partial charge in [0.2, 0.25) is 0 Å². The van der Waals surface area contributed by atoms with Gasteiger partial charge in [0.25, 0.3) is 0 Å². The summed E-state index contributed by atoms with van der Waals surface area (Å²) < 4.78 is 23.3. The van der Waals surface area contributed by atoms with E-state index >= 15 is 0 Å². The minimum atomic E-state index is -0.750. The third kappa shape index (κ3) is 16.0. The minimum Gasteiger partial charge on any atom is -0.491 e. The summed E-state index contributed by atoms with van der Waals surface area (Å²) in [6.45, 7) is 7.22. The largest absolute Gasteiger partial charge is 0.491 e. The SMILES string of the molecule is CCCC/C=C/CCCCCCCCCc1cccc(OCC(O)COc2ccc(C(C)(C)c3ccc(OCC(O)COc4ccccc4)cc3)cc2)c1. The molecule has 6 heteroatoms. The van der Waals surface area contributed by atoms with Crippen LogP contribution in [0, 0.1) is 0 Å². The zero-order valence-corrected chi connectivity index (χ0v) is 33.0. The smallest absolute Gasteiger partial charge is 0.122 e. The highest BCUT2D eigenvalue weighted by atomic mass is 16.5. The lowest BCUT2D eigenvalue weighted by molar-refractivity contribution is 0.0626. The van der Waals surface area contributed by atoms with E-state index in [-0.39, 0.29) is 31.8 Å². The fourth-order valence-electron chi connectivity index (χ4n) is 6.31. The molecular formula is C48H64O6. The number of allylic oxidation sites excluding steroid dienone is 2. The Bertz CT molecular complexity index is 1580. The maximum atomic E-state index is 10.6. The molecule has 2 atom stereocenters. The van der Waals surface area contributed by atoms with Gasteiger partial charge < -0.3 is 29.2 Å². The monoisotopic (exact) mass is 736 g/mol. The third-order valence-corrected chi connectivity index (χ3v) is 9.79. The summed E-state index contributed by atoms with van der Waals surface area (Å²) >= 11 is 0. The summed E-state index contributed by atoms with van der Waals surface area (Å²) in [5.74, 6) is 2.89. The van der Waals surface area contributed by atoms with Crippen molar-refractivity contribution in [3.05, 3.63) is 132 Å². The van der Waals surface area contributed by atoms with Crippen molar-refractivity contribution in [3.8, 4) is 23.0 Å². The second-order valence-corrected chi connectivity index (χ2v) is 14.8. The number of aryl methyl sites for hydroxylation is 1. The summed E-state index contributed by atoms with van der Waals surface area (Å²) in [6, 6.07) is 33.6. The Kier molecular flexibility index (Phi) is 19.0. The number of unbranched alkanes of at least 4 members (excludes halogenated alkanes) is 9. The van der Waals surface area contributed by atoms with Crippen LogP contribution in [0.1, 0.15) is 108 Å². The van der Waals surface area contributed by atoms with Gasteiger partial charge in [-0.15, -0.1) is 0 Å². The molecule has 0 saturated heterocycles. The summed E-state index contributed by atoms with van der Waals surface area (Å²) in [5.41, 5.74) is 3.29. The first kappa shape index (κ1) is 42.5. The van der Waals surface area contributed by atoms with Crippen molar-refractivity contribution in [3.63, 3.8) is 0 Å². The molecule has 0 aromatic heterocycles. The normalized spacial score (nSPS) is 12.8. The highest BCUT2D eigenvalue weighted by Gasteiger charge is 2.23. The van der Waals surface area contributed by atoms with Gasteiger partial charge in [-0.3, -0.25) is 0 Å². The molecule has 4 rings (SSSR count). The minimum absolute atomic E-state index is 0.142. The van der Waals surface area contributed by atoms with Crippen molar-refractivity contribution in [1.82, 2.24) is 0 Å². The predicted molar refractivity (Wildman–Crippen MR) is 221 cm³/mol. The fourth-order valence-corrected chi connectivity index (χ4v) is 6.31. The molecule has 4 aromatic rings. The number of hydrogen-bond donors (Lipinski definition) is 2. The number of ether oxygens (including phenoxy) is 4. The molecule has 0 radical (unpaired) electrons. The van der Waals surface area contributed by atoms with Gasteiger partial charge in [-0.25, -0.2) is 0 Å². The van der Waals surface area contributed by atoms with Crippen LogP contribution in [0.15, 0.2) is 115 Å². The predicted octanol–water partition coefficient (Wildman–Crippen LogP) is 11.1. The molecule has 292 valence electrons. The lowest BCUT2D eigenvalue weighted by atomic mass is 9.78. The molecule has 0 saturated carbocycles. The number of aliphatic hydroxyl groups is 2. The quantitative estimate of drug-likeness (QED) is 0.0469. The van der Waals surface area contributed by atoms with Gasteiger partial charge in [0.1, 0.15) is 61.6 Å². The number of benzene rings is 4. The molecule has 0 aliphatic heterocycles. The standard InChI is InChI=1S/C48H64O6/c1-4-5-6-7-8-9-10-11-12-13-14-15-17-21-39-22-20-25-47(34-39)54-38-43(50)37-53-46-32-28-41(29-33-46)48(2,3)40-26-30-45(31-27-40)52-36-42(49)35-51-44-23-18-16-19-24-44/h7-8,16,18-20,22-34,42-43,49-50H,4-6,9-15,17,21,35-38H2,1-3H3/b8-7+. The van der Waals surface area contributed by atoms with Crippen molar-refractivity contribution >= 4 is 0 Å². The van der Waals surface area contributed by atoms with E-state index in [0.717, 1.165) is 29.0 Å². The molecule has 0 aliphatic rings. The van der Waals surface area contributed by atoms with E-state index in [4.69, 9.17) is 18.9 Å². The maximum Gasteiger partial charge on any atom is 0.122 e. The van der Waals surface area contributed by atoms with Crippen molar-refractivity contribution < 1.29 is 29.2 Å². The van der Waals surface area contributed by atoms with Crippen LogP contribution in [0.5, 0.6) is 23.0 Å². The Morgan fingerprint density at radius 2 is 0.944 bits per heavy atom. The number of hydrogen-bond acceptors (Lipinski definition) is 6. The highest BCUT2D eigenvalue weighted by Crippen LogP contribution is 2.33. The number of rotatable bonds is 27. The molecule has 2 unspecified atom stereocenters. The van der Waals surface area contributed by atoms with Gasteiger partial charge in [0.15, 0.2) is 0 Å². The van der Waals surface area contributed by atoms with Crippen molar-refractivity contribution in [2.45, 2.75) is 115 Å². The molecule has 2 N–H and O–H groups in total. The van der Waals surface area contributed by atoms with E-state index in [1.165, 1.54) is 76.2 Å². The second-order valence-electron chi connectivity index (χ2n) is 14.8. The molecule has 0 spiro atoms. The molecule has 6 nitrogen and oxygen atoms in total. The van der Waals surface area contributed by atoms with Gasteiger partial charge in [-0.2, -0.15) is 0 Å². The maximum absolute atomic E-state index is 10.6. The second kappa shape index (κ2) is 24.2. The zero-order chi connectivity index (χ0) is 38.3. The Morgan fingerprint density at radius 1 is 0.500 bits per heavy atom. The van der Waals surface area contributed by atoms with Gasteiger partial charge in [0, 0.05) is 5.41 Å². The lowest BCUT2D eigenvalue weighted by Gasteiger charge is -2.26. The number of para-hydroxylation sites is 1. The van der Waals surface area contributed by atoms with E-state index in [1.54, 1.807) is 0 Å². The van der Waals surface area contributed by atoms with Gasteiger partial charge >= 0.3 is 0 Å². The van der Waals surface area contributed by atoms with Crippen LogP contribution in [0.4, 0.5) is 0 Å². The lowest BCUT2D eigenvalue weighted by Crippen LogP contribution is -2.25. The summed E-state index contributed by atoms with van der Waals surface area (Å²) in [6.07, 6.45) is 18.4. The van der Waals surface area contributed by atoms with Crippen LogP contribution in [-0.2, 0) is 11.8 Å². The number of aliphatic hydroxyl groups excluding tert-OH is 2. The van der Waals surface area contributed by atoms with E-state index in [9.17, 15) is 10.2 Å². The van der Waals surface area contributed by atoms with Crippen LogP contribution in [0.3, 0.4) is 0 Å². The van der Waals surface area contributed by atoms with Gasteiger partial charge in [-0.05, 0) is 97.3 Å². The molecule has 0 heterocycles. The van der Waals surface area contributed by atoms with Crippen LogP contribution in [0.25, 0.3) is 0 Å². The Labute approximate surface area is 325 Å². The molecule has 0 bridgehead atoms. The van der Waals surface area contributed by atoms with Crippen molar-refractivity contribution in [2.24, 2.45) is 0 Å². The molecular weight excluding hydrogens is 673 g/mol. The fraction of sp³-hybridized carbons (Fsp3) is 0.458. The van der Waals surface area contributed by atoms with E-state index in [1.807, 2.05) is 66.7 Å². The van der Waals surface area contributed by atoms with Crippen LogP contribution < -0.4 is 18.9 Å². The average Bonchev–Trinajstić information content (AvgIpc) is 3.20. The molecule has 0 fully saturated rings. The van der Waals surface area contributed by atoms with Gasteiger partial charge in [-0.1, -0.05) is 132 Å². The van der Waals surface area contributed by atoms with E-state index in [0.29, 0.717) is 11.5 Å². The van der Waals surface area contributed by atoms with Crippen LogP contribution in [0.2, 0.25) is 0 Å². The molecule has 0 aliphatic carbocycles. The van der Waals surface area contributed by atoms with Crippen LogP contribution in [-0.4, -0.2) is 48.8 Å². The molecule has 54 heavy (non-hydrogen) atoms. The first-order valence-electron chi connectivity index (χ1n) is 20.2. The summed E-state index contributed by atoms with van der Waals surface area (Å²) in [4.78, 5) is 0. The average molecular weight is 737 g/mol. The first-order chi connectivity index (χ1) is 26.3. The Balaban J connectivity index is 1.09. The van der Waals surface area contributed by atoms with E-state index in [2.05, 4.69) is 69.3 Å². The topological polar surface area (TPSA) is 77.4 Å².